The number of nitrogens with one attached hydrogen (secondary N) is 1. The quantitative estimate of drug-likeness (QED) is 0.830. The summed E-state index contributed by atoms with van der Waals surface area (Å²) >= 11 is 1.44. The third kappa shape index (κ3) is 5.34. The van der Waals surface area contributed by atoms with E-state index < -0.39 is 0 Å². The van der Waals surface area contributed by atoms with Crippen LogP contribution >= 0.6 is 36.2 Å². The molecule has 0 saturated carbocycles. The van der Waals surface area contributed by atoms with Crippen LogP contribution in [0.3, 0.4) is 0 Å². The molecular formula is C16H23Cl2N5OS. The van der Waals surface area contributed by atoms with Gasteiger partial charge >= 0.3 is 0 Å². The normalized spacial score (nSPS) is 14.3. The maximum Gasteiger partial charge on any atom is 0.273 e. The topological polar surface area (TPSA) is 71.0 Å². The number of piperidine rings is 1. The van der Waals surface area contributed by atoms with Gasteiger partial charge in [-0.25, -0.2) is 4.98 Å². The highest BCUT2D eigenvalue weighted by Crippen LogP contribution is 2.23. The highest BCUT2D eigenvalue weighted by molar-refractivity contribution is 7.13. The van der Waals surface area contributed by atoms with E-state index in [1.807, 2.05) is 10.3 Å². The highest BCUT2D eigenvalue weighted by atomic mass is 35.5. The van der Waals surface area contributed by atoms with E-state index in [9.17, 15) is 4.79 Å². The molecule has 0 radical (unpaired) electrons. The number of hydrogen-bond acceptors (Lipinski definition) is 6. The van der Waals surface area contributed by atoms with E-state index in [0.717, 1.165) is 43.9 Å². The Kier molecular flexibility index (Phi) is 9.27. The van der Waals surface area contributed by atoms with Gasteiger partial charge in [0.05, 0.1) is 6.20 Å². The standard InChI is InChI=1S/C16H21N5OS.2ClH/c1-2-9-21(12-3-5-17-6-4-12)16(22)14-11-23-15(20-14)13-10-18-7-8-19-13;;/h7-8,10-12,17H,2-6,9H2,1H3;2*1H. The summed E-state index contributed by atoms with van der Waals surface area (Å²) in [6.45, 7) is 4.83. The molecule has 1 N–H and O–H groups in total. The molecule has 2 aromatic heterocycles. The van der Waals surface area contributed by atoms with E-state index in [2.05, 4.69) is 27.2 Å². The van der Waals surface area contributed by atoms with Crippen molar-refractivity contribution in [1.29, 1.82) is 0 Å². The van der Waals surface area contributed by atoms with Gasteiger partial charge in [-0.15, -0.1) is 36.2 Å². The van der Waals surface area contributed by atoms with Crippen molar-refractivity contribution in [3.8, 4) is 10.7 Å². The van der Waals surface area contributed by atoms with Crippen LogP contribution in [-0.4, -0.2) is 51.4 Å². The Morgan fingerprint density at radius 3 is 2.72 bits per heavy atom. The number of amides is 1. The van der Waals surface area contributed by atoms with Crippen LogP contribution in [0, 0.1) is 0 Å². The Hall–Kier alpha value is -1.28. The van der Waals surface area contributed by atoms with Crippen LogP contribution in [0.2, 0.25) is 0 Å². The molecule has 9 heteroatoms. The van der Waals surface area contributed by atoms with Gasteiger partial charge in [-0.05, 0) is 32.4 Å². The van der Waals surface area contributed by atoms with Crippen molar-refractivity contribution in [2.24, 2.45) is 0 Å². The Morgan fingerprint density at radius 2 is 2.08 bits per heavy atom. The summed E-state index contributed by atoms with van der Waals surface area (Å²) in [5.74, 6) is 0.0325. The van der Waals surface area contributed by atoms with Gasteiger partial charge in [0, 0.05) is 30.4 Å². The molecule has 0 atom stereocenters. The maximum absolute atomic E-state index is 12.9. The van der Waals surface area contributed by atoms with Crippen LogP contribution in [0.5, 0.6) is 0 Å². The Labute approximate surface area is 164 Å². The van der Waals surface area contributed by atoms with Gasteiger partial charge in [-0.1, -0.05) is 6.92 Å². The number of carbonyl (C=O) groups excluding carboxylic acids is 1. The monoisotopic (exact) mass is 403 g/mol. The van der Waals surface area contributed by atoms with Crippen molar-refractivity contribution in [3.05, 3.63) is 29.7 Å². The Balaban J connectivity index is 0.00000156. The largest absolute Gasteiger partial charge is 0.334 e. The minimum absolute atomic E-state index is 0. The first-order valence-electron chi connectivity index (χ1n) is 8.03. The molecule has 1 aliphatic rings. The zero-order chi connectivity index (χ0) is 16.1. The first-order valence-corrected chi connectivity index (χ1v) is 8.91. The first kappa shape index (κ1) is 21.8. The molecule has 3 heterocycles. The van der Waals surface area contributed by atoms with Crippen LogP contribution in [0.1, 0.15) is 36.7 Å². The SMILES string of the molecule is CCCN(C(=O)c1csc(-c2cnccn2)n1)C1CCNCC1.Cl.Cl. The van der Waals surface area contributed by atoms with Gasteiger partial charge in [0.15, 0.2) is 0 Å². The van der Waals surface area contributed by atoms with E-state index in [0.29, 0.717) is 17.4 Å². The van der Waals surface area contributed by atoms with Gasteiger partial charge < -0.3 is 10.2 Å². The molecule has 1 fully saturated rings. The van der Waals surface area contributed by atoms with Gasteiger partial charge in [0.2, 0.25) is 0 Å². The van der Waals surface area contributed by atoms with Gasteiger partial charge in [-0.2, -0.15) is 0 Å². The lowest BCUT2D eigenvalue weighted by Crippen LogP contribution is -2.46. The average Bonchev–Trinajstić information content (AvgIpc) is 3.11. The van der Waals surface area contributed by atoms with E-state index in [-0.39, 0.29) is 30.7 Å². The second kappa shape index (κ2) is 10.7. The summed E-state index contributed by atoms with van der Waals surface area (Å²) in [5.41, 5.74) is 1.23. The van der Waals surface area contributed by atoms with Gasteiger partial charge in [-0.3, -0.25) is 14.8 Å². The lowest BCUT2D eigenvalue weighted by Gasteiger charge is -2.34. The number of hydrogen-bond donors (Lipinski definition) is 1. The molecule has 2 aromatic rings. The van der Waals surface area contributed by atoms with Crippen LogP contribution in [0.15, 0.2) is 24.0 Å². The number of nitrogens with zero attached hydrogens (tertiary/aromatic N) is 4. The summed E-state index contributed by atoms with van der Waals surface area (Å²) in [5, 5.41) is 5.92. The van der Waals surface area contributed by atoms with E-state index in [4.69, 9.17) is 0 Å². The third-order valence-corrected chi connectivity index (χ3v) is 4.85. The van der Waals surface area contributed by atoms with E-state index >= 15 is 0 Å². The molecule has 3 rings (SSSR count). The Morgan fingerprint density at radius 1 is 1.32 bits per heavy atom. The molecule has 1 saturated heterocycles. The molecule has 0 aliphatic carbocycles. The molecule has 0 spiro atoms. The fraction of sp³-hybridized carbons (Fsp3) is 0.500. The lowest BCUT2D eigenvalue weighted by molar-refractivity contribution is 0.0637. The third-order valence-electron chi connectivity index (χ3n) is 3.98. The fourth-order valence-electron chi connectivity index (χ4n) is 2.86. The molecule has 138 valence electrons. The Bertz CT molecular complexity index is 649. The molecule has 25 heavy (non-hydrogen) atoms. The summed E-state index contributed by atoms with van der Waals surface area (Å²) < 4.78 is 0. The van der Waals surface area contributed by atoms with Crippen molar-refractivity contribution in [3.63, 3.8) is 0 Å². The summed E-state index contributed by atoms with van der Waals surface area (Å²) in [7, 11) is 0. The first-order chi connectivity index (χ1) is 11.3. The lowest BCUT2D eigenvalue weighted by atomic mass is 10.0. The molecule has 6 nitrogen and oxygen atoms in total. The van der Waals surface area contributed by atoms with Crippen molar-refractivity contribution < 1.29 is 4.79 Å². The van der Waals surface area contributed by atoms with Crippen molar-refractivity contribution in [1.82, 2.24) is 25.2 Å². The zero-order valence-electron chi connectivity index (χ0n) is 14.1. The number of aromatic nitrogens is 3. The van der Waals surface area contributed by atoms with E-state index in [1.165, 1.54) is 11.3 Å². The van der Waals surface area contributed by atoms with E-state index in [1.54, 1.807) is 18.6 Å². The molecular weight excluding hydrogens is 381 g/mol. The summed E-state index contributed by atoms with van der Waals surface area (Å²) in [4.78, 5) is 27.7. The smallest absolute Gasteiger partial charge is 0.273 e. The number of rotatable bonds is 5. The molecule has 0 unspecified atom stereocenters. The number of halogens is 2. The summed E-state index contributed by atoms with van der Waals surface area (Å²) in [6, 6.07) is 0.311. The number of thiazole rings is 1. The molecule has 0 bridgehead atoms. The van der Waals surface area contributed by atoms with Crippen LogP contribution in [-0.2, 0) is 0 Å². The fourth-order valence-corrected chi connectivity index (χ4v) is 3.61. The predicted octanol–water partition coefficient (Wildman–Crippen LogP) is 3.05. The van der Waals surface area contributed by atoms with Crippen LogP contribution in [0.25, 0.3) is 10.7 Å². The highest BCUT2D eigenvalue weighted by Gasteiger charge is 2.27. The van der Waals surface area contributed by atoms with Gasteiger partial charge in [0.25, 0.3) is 5.91 Å². The number of carbonyl (C=O) groups is 1. The van der Waals surface area contributed by atoms with Crippen molar-refractivity contribution in [2.45, 2.75) is 32.2 Å². The molecule has 1 aliphatic heterocycles. The van der Waals surface area contributed by atoms with Gasteiger partial charge in [0.1, 0.15) is 16.4 Å². The zero-order valence-corrected chi connectivity index (χ0v) is 16.5. The minimum atomic E-state index is 0. The second-order valence-corrected chi connectivity index (χ2v) is 6.47. The maximum atomic E-state index is 12.9. The van der Waals surface area contributed by atoms with Crippen molar-refractivity contribution in [2.75, 3.05) is 19.6 Å². The second-order valence-electron chi connectivity index (χ2n) is 5.61. The van der Waals surface area contributed by atoms with Crippen LogP contribution in [0.4, 0.5) is 0 Å². The minimum Gasteiger partial charge on any atom is -0.334 e. The van der Waals surface area contributed by atoms with Crippen molar-refractivity contribution >= 4 is 42.1 Å². The summed E-state index contributed by atoms with van der Waals surface area (Å²) in [6.07, 6.45) is 7.90. The predicted molar refractivity (Wildman–Crippen MR) is 105 cm³/mol. The average molecular weight is 404 g/mol. The molecule has 1 amide bonds. The molecule has 0 aromatic carbocycles. The van der Waals surface area contributed by atoms with Crippen LogP contribution < -0.4 is 5.32 Å².